The van der Waals surface area contributed by atoms with E-state index in [0.717, 1.165) is 43.4 Å². The third-order valence-electron chi connectivity index (χ3n) is 5.95. The highest BCUT2D eigenvalue weighted by molar-refractivity contribution is 5.73. The Kier molecular flexibility index (Phi) is 4.85. The molecular weight excluding hydrogens is 336 g/mol. The summed E-state index contributed by atoms with van der Waals surface area (Å²) in [4.78, 5) is 25.6. The zero-order valence-corrected chi connectivity index (χ0v) is 16.5. The van der Waals surface area contributed by atoms with E-state index in [1.807, 2.05) is 11.8 Å². The van der Waals surface area contributed by atoms with Gasteiger partial charge in [0.1, 0.15) is 11.6 Å². The first-order chi connectivity index (χ1) is 13.0. The highest BCUT2D eigenvalue weighted by Crippen LogP contribution is 2.34. The molecule has 1 aromatic heterocycles. The van der Waals surface area contributed by atoms with Crippen molar-refractivity contribution in [2.45, 2.75) is 52.5 Å². The molecule has 5 heteroatoms. The summed E-state index contributed by atoms with van der Waals surface area (Å²) >= 11 is 0. The van der Waals surface area contributed by atoms with E-state index in [2.05, 4.69) is 41.1 Å². The number of aryl methyl sites for hydroxylation is 2. The molecule has 0 saturated carbocycles. The number of amides is 1. The van der Waals surface area contributed by atoms with Gasteiger partial charge in [-0.3, -0.25) is 4.79 Å². The van der Waals surface area contributed by atoms with E-state index in [-0.39, 0.29) is 5.91 Å². The maximum Gasteiger partial charge on any atom is 0.219 e. The Morgan fingerprint density at radius 2 is 1.96 bits per heavy atom. The molecule has 2 aliphatic heterocycles. The van der Waals surface area contributed by atoms with Crippen LogP contribution in [0.3, 0.4) is 0 Å². The van der Waals surface area contributed by atoms with Crippen LogP contribution in [0.1, 0.15) is 53.9 Å². The lowest BCUT2D eigenvalue weighted by molar-refractivity contribution is -0.129. The van der Waals surface area contributed by atoms with Gasteiger partial charge in [-0.05, 0) is 44.2 Å². The fourth-order valence-electron chi connectivity index (χ4n) is 4.53. The van der Waals surface area contributed by atoms with E-state index >= 15 is 0 Å². The maximum absolute atomic E-state index is 11.8. The van der Waals surface area contributed by atoms with E-state index in [4.69, 9.17) is 4.98 Å². The molecule has 0 unspecified atom stereocenters. The number of benzene rings is 1. The third kappa shape index (κ3) is 3.55. The summed E-state index contributed by atoms with van der Waals surface area (Å²) in [5, 5.41) is 0. The standard InChI is InChI=1S/C22H28N4O/c1-15-7-4-5-9-19(15)18-8-6-11-26(13-18)22-20-10-12-25(17(3)27)14-21(20)23-16(2)24-22/h4-5,7,9,18H,6,8,10-14H2,1-3H3/t18-/m0/s1. The summed E-state index contributed by atoms with van der Waals surface area (Å²) in [5.74, 6) is 2.56. The van der Waals surface area contributed by atoms with E-state index < -0.39 is 0 Å². The maximum atomic E-state index is 11.8. The lowest BCUT2D eigenvalue weighted by Gasteiger charge is -2.37. The van der Waals surface area contributed by atoms with Crippen molar-refractivity contribution >= 4 is 11.7 Å². The van der Waals surface area contributed by atoms with Crippen molar-refractivity contribution in [3.8, 4) is 0 Å². The first-order valence-electron chi connectivity index (χ1n) is 9.95. The van der Waals surface area contributed by atoms with Gasteiger partial charge in [0.05, 0.1) is 12.2 Å². The predicted molar refractivity (Wildman–Crippen MR) is 107 cm³/mol. The van der Waals surface area contributed by atoms with Crippen LogP contribution in [0, 0.1) is 13.8 Å². The van der Waals surface area contributed by atoms with Gasteiger partial charge in [-0.1, -0.05) is 24.3 Å². The average Bonchev–Trinajstić information content (AvgIpc) is 2.67. The molecule has 2 aromatic rings. The minimum absolute atomic E-state index is 0.121. The number of nitrogens with zero attached hydrogens (tertiary/aromatic N) is 4. The quantitative estimate of drug-likeness (QED) is 0.820. The topological polar surface area (TPSA) is 49.3 Å². The number of rotatable bonds is 2. The lowest BCUT2D eigenvalue weighted by Crippen LogP contribution is -2.39. The van der Waals surface area contributed by atoms with Crippen LogP contribution in [0.15, 0.2) is 24.3 Å². The summed E-state index contributed by atoms with van der Waals surface area (Å²) < 4.78 is 0. The molecule has 0 aliphatic carbocycles. The second kappa shape index (κ2) is 7.29. The molecule has 3 heterocycles. The fourth-order valence-corrected chi connectivity index (χ4v) is 4.53. The van der Waals surface area contributed by atoms with Gasteiger partial charge in [0.2, 0.25) is 5.91 Å². The molecule has 4 rings (SSSR count). The van der Waals surface area contributed by atoms with Crippen LogP contribution in [0.25, 0.3) is 0 Å². The highest BCUT2D eigenvalue weighted by atomic mass is 16.2. The normalized spacial score (nSPS) is 19.7. The molecule has 0 bridgehead atoms. The molecular formula is C22H28N4O. The smallest absolute Gasteiger partial charge is 0.219 e. The van der Waals surface area contributed by atoms with Crippen LogP contribution < -0.4 is 4.90 Å². The van der Waals surface area contributed by atoms with Crippen LogP contribution in [0.5, 0.6) is 0 Å². The van der Waals surface area contributed by atoms with Crippen molar-refractivity contribution in [1.29, 1.82) is 0 Å². The number of hydrogen-bond acceptors (Lipinski definition) is 4. The average molecular weight is 364 g/mol. The van der Waals surface area contributed by atoms with Crippen molar-refractivity contribution in [3.63, 3.8) is 0 Å². The molecule has 1 amide bonds. The largest absolute Gasteiger partial charge is 0.356 e. The van der Waals surface area contributed by atoms with E-state index in [1.54, 1.807) is 6.92 Å². The Morgan fingerprint density at radius 3 is 2.74 bits per heavy atom. The van der Waals surface area contributed by atoms with Crippen LogP contribution in [-0.4, -0.2) is 40.4 Å². The molecule has 0 radical (unpaired) electrons. The Balaban J connectivity index is 1.64. The van der Waals surface area contributed by atoms with Crippen molar-refractivity contribution in [1.82, 2.24) is 14.9 Å². The molecule has 2 aliphatic rings. The molecule has 27 heavy (non-hydrogen) atoms. The predicted octanol–water partition coefficient (Wildman–Crippen LogP) is 3.38. The minimum atomic E-state index is 0.121. The molecule has 1 aromatic carbocycles. The number of hydrogen-bond donors (Lipinski definition) is 0. The van der Waals surface area contributed by atoms with Crippen LogP contribution in [0.4, 0.5) is 5.82 Å². The van der Waals surface area contributed by atoms with Gasteiger partial charge in [-0.25, -0.2) is 9.97 Å². The van der Waals surface area contributed by atoms with Crippen LogP contribution >= 0.6 is 0 Å². The molecule has 0 spiro atoms. The van der Waals surface area contributed by atoms with Gasteiger partial charge in [0.25, 0.3) is 0 Å². The minimum Gasteiger partial charge on any atom is -0.356 e. The Hall–Kier alpha value is -2.43. The lowest BCUT2D eigenvalue weighted by atomic mass is 9.87. The van der Waals surface area contributed by atoms with Crippen LogP contribution in [0.2, 0.25) is 0 Å². The number of carbonyl (C=O) groups excluding carboxylic acids is 1. The number of fused-ring (bicyclic) bond motifs is 1. The van der Waals surface area contributed by atoms with Gasteiger partial charge in [0, 0.05) is 38.0 Å². The van der Waals surface area contributed by atoms with Crippen molar-refractivity contribution < 1.29 is 4.79 Å². The second-order valence-corrected chi connectivity index (χ2v) is 7.85. The van der Waals surface area contributed by atoms with Gasteiger partial charge < -0.3 is 9.80 Å². The van der Waals surface area contributed by atoms with E-state index in [1.165, 1.54) is 29.5 Å². The number of anilines is 1. The van der Waals surface area contributed by atoms with Crippen molar-refractivity contribution in [2.24, 2.45) is 0 Å². The summed E-state index contributed by atoms with van der Waals surface area (Å²) in [6, 6.07) is 8.74. The van der Waals surface area contributed by atoms with Gasteiger partial charge in [0.15, 0.2) is 0 Å². The van der Waals surface area contributed by atoms with E-state index in [0.29, 0.717) is 12.5 Å². The van der Waals surface area contributed by atoms with Crippen molar-refractivity contribution in [3.05, 3.63) is 52.5 Å². The van der Waals surface area contributed by atoms with Gasteiger partial charge in [-0.2, -0.15) is 0 Å². The molecule has 1 saturated heterocycles. The SMILES string of the molecule is CC(=O)N1CCc2c(nc(C)nc2N2CCC[C@H](c3ccccc3C)C2)C1. The van der Waals surface area contributed by atoms with Crippen molar-refractivity contribution in [2.75, 3.05) is 24.5 Å². The second-order valence-electron chi connectivity index (χ2n) is 7.85. The summed E-state index contributed by atoms with van der Waals surface area (Å²) in [6.07, 6.45) is 3.25. The zero-order chi connectivity index (χ0) is 19.0. The summed E-state index contributed by atoms with van der Waals surface area (Å²) in [7, 11) is 0. The third-order valence-corrected chi connectivity index (χ3v) is 5.95. The first kappa shape index (κ1) is 18.0. The molecule has 5 nitrogen and oxygen atoms in total. The Labute approximate surface area is 161 Å². The monoisotopic (exact) mass is 364 g/mol. The molecule has 1 fully saturated rings. The molecule has 142 valence electrons. The first-order valence-corrected chi connectivity index (χ1v) is 9.95. The van der Waals surface area contributed by atoms with E-state index in [9.17, 15) is 4.79 Å². The Bertz CT molecular complexity index is 863. The zero-order valence-electron chi connectivity index (χ0n) is 16.5. The number of aromatic nitrogens is 2. The number of piperidine rings is 1. The fraction of sp³-hybridized carbons (Fsp3) is 0.500. The van der Waals surface area contributed by atoms with Crippen LogP contribution in [-0.2, 0) is 17.8 Å². The molecule has 1 atom stereocenters. The summed E-state index contributed by atoms with van der Waals surface area (Å²) in [6.45, 7) is 9.22. The Morgan fingerprint density at radius 1 is 1.15 bits per heavy atom. The molecule has 0 N–H and O–H groups in total. The highest BCUT2D eigenvalue weighted by Gasteiger charge is 2.29. The van der Waals surface area contributed by atoms with Gasteiger partial charge in [-0.15, -0.1) is 0 Å². The van der Waals surface area contributed by atoms with Gasteiger partial charge >= 0.3 is 0 Å². The number of carbonyl (C=O) groups is 1. The summed E-state index contributed by atoms with van der Waals surface area (Å²) in [5.41, 5.74) is 5.10.